The zero-order valence-electron chi connectivity index (χ0n) is 13.2. The summed E-state index contributed by atoms with van der Waals surface area (Å²) in [5, 5.41) is 8.22. The van der Waals surface area contributed by atoms with Crippen LogP contribution >= 0.6 is 11.3 Å². The van der Waals surface area contributed by atoms with Gasteiger partial charge in [-0.05, 0) is 30.8 Å². The predicted molar refractivity (Wildman–Crippen MR) is 88.3 cm³/mol. The number of morpholine rings is 1. The van der Waals surface area contributed by atoms with Gasteiger partial charge >= 0.3 is 0 Å². The number of aromatic nitrogens is 2. The SMILES string of the molecule is c1cc(-c2nc(CN3CCCC3CN3CCOCC3)no2)cs1. The molecule has 1 unspecified atom stereocenters. The van der Waals surface area contributed by atoms with Crippen molar-refractivity contribution in [2.75, 3.05) is 39.4 Å². The van der Waals surface area contributed by atoms with Gasteiger partial charge in [-0.1, -0.05) is 5.16 Å². The summed E-state index contributed by atoms with van der Waals surface area (Å²) in [5.74, 6) is 1.42. The molecule has 0 amide bonds. The molecule has 0 saturated carbocycles. The van der Waals surface area contributed by atoms with Crippen LogP contribution in [0.3, 0.4) is 0 Å². The highest BCUT2D eigenvalue weighted by molar-refractivity contribution is 7.08. The summed E-state index contributed by atoms with van der Waals surface area (Å²) in [7, 11) is 0. The van der Waals surface area contributed by atoms with Crippen molar-refractivity contribution in [3.05, 3.63) is 22.7 Å². The highest BCUT2D eigenvalue weighted by atomic mass is 32.1. The zero-order chi connectivity index (χ0) is 15.5. The Hall–Kier alpha value is -1.28. The van der Waals surface area contributed by atoms with E-state index in [1.54, 1.807) is 11.3 Å². The number of hydrogen-bond acceptors (Lipinski definition) is 7. The highest BCUT2D eigenvalue weighted by Crippen LogP contribution is 2.23. The van der Waals surface area contributed by atoms with Gasteiger partial charge in [0, 0.05) is 31.1 Å². The third kappa shape index (κ3) is 3.63. The molecule has 23 heavy (non-hydrogen) atoms. The number of thiophene rings is 1. The molecule has 7 heteroatoms. The van der Waals surface area contributed by atoms with E-state index in [2.05, 4.69) is 19.9 Å². The van der Waals surface area contributed by atoms with Gasteiger partial charge in [0.15, 0.2) is 5.82 Å². The minimum absolute atomic E-state index is 0.594. The molecule has 0 aromatic carbocycles. The van der Waals surface area contributed by atoms with Gasteiger partial charge in [0.05, 0.1) is 25.3 Å². The van der Waals surface area contributed by atoms with E-state index in [9.17, 15) is 0 Å². The summed E-state index contributed by atoms with van der Waals surface area (Å²) < 4.78 is 10.8. The monoisotopic (exact) mass is 334 g/mol. The average molecular weight is 334 g/mol. The lowest BCUT2D eigenvalue weighted by atomic mass is 10.2. The minimum Gasteiger partial charge on any atom is -0.379 e. The van der Waals surface area contributed by atoms with Gasteiger partial charge in [0.25, 0.3) is 5.89 Å². The van der Waals surface area contributed by atoms with Crippen LogP contribution < -0.4 is 0 Å². The van der Waals surface area contributed by atoms with Crippen LogP contribution in [-0.4, -0.2) is 65.4 Å². The zero-order valence-corrected chi connectivity index (χ0v) is 14.0. The van der Waals surface area contributed by atoms with Crippen LogP contribution in [0.25, 0.3) is 11.5 Å². The average Bonchev–Trinajstić information content (AvgIpc) is 3.31. The molecule has 0 N–H and O–H groups in total. The van der Waals surface area contributed by atoms with Crippen molar-refractivity contribution < 1.29 is 9.26 Å². The van der Waals surface area contributed by atoms with Crippen molar-refractivity contribution in [1.29, 1.82) is 0 Å². The molecule has 6 nitrogen and oxygen atoms in total. The van der Waals surface area contributed by atoms with Crippen molar-refractivity contribution in [2.45, 2.75) is 25.4 Å². The maximum absolute atomic E-state index is 5.44. The maximum atomic E-state index is 5.44. The fourth-order valence-corrected chi connectivity index (χ4v) is 4.02. The molecule has 0 bridgehead atoms. The Balaban J connectivity index is 1.37. The van der Waals surface area contributed by atoms with E-state index >= 15 is 0 Å². The summed E-state index contributed by atoms with van der Waals surface area (Å²) >= 11 is 1.64. The Kier molecular flexibility index (Phi) is 4.70. The quantitative estimate of drug-likeness (QED) is 0.835. The molecular weight excluding hydrogens is 312 g/mol. The smallest absolute Gasteiger partial charge is 0.258 e. The Bertz CT molecular complexity index is 609. The lowest BCUT2D eigenvalue weighted by Crippen LogP contribution is -2.44. The normalized spacial score (nSPS) is 23.6. The van der Waals surface area contributed by atoms with Crippen molar-refractivity contribution in [1.82, 2.24) is 19.9 Å². The third-order valence-corrected chi connectivity index (χ3v) is 5.34. The molecule has 0 aliphatic carbocycles. The van der Waals surface area contributed by atoms with E-state index < -0.39 is 0 Å². The van der Waals surface area contributed by atoms with E-state index in [4.69, 9.17) is 9.26 Å². The molecule has 2 aromatic rings. The Labute approximate surface area is 140 Å². The highest BCUT2D eigenvalue weighted by Gasteiger charge is 2.28. The summed E-state index contributed by atoms with van der Waals surface area (Å²) in [6, 6.07) is 2.61. The number of rotatable bonds is 5. The lowest BCUT2D eigenvalue weighted by Gasteiger charge is -2.32. The molecule has 1 atom stereocenters. The molecule has 4 rings (SSSR count). The van der Waals surface area contributed by atoms with Gasteiger partial charge in [-0.3, -0.25) is 9.80 Å². The Morgan fingerprint density at radius 3 is 3.00 bits per heavy atom. The molecule has 4 heterocycles. The second kappa shape index (κ2) is 7.09. The minimum atomic E-state index is 0.594. The topological polar surface area (TPSA) is 54.6 Å². The van der Waals surface area contributed by atoms with Gasteiger partial charge < -0.3 is 9.26 Å². The first-order chi connectivity index (χ1) is 11.4. The molecule has 2 saturated heterocycles. The number of ether oxygens (including phenoxy) is 1. The second-order valence-electron chi connectivity index (χ2n) is 6.21. The van der Waals surface area contributed by atoms with E-state index in [0.717, 1.165) is 57.3 Å². The first-order valence-electron chi connectivity index (χ1n) is 8.28. The molecular formula is C16H22N4O2S. The van der Waals surface area contributed by atoms with Gasteiger partial charge in [0.1, 0.15) is 0 Å². The van der Waals surface area contributed by atoms with Crippen LogP contribution in [0.15, 0.2) is 21.3 Å². The van der Waals surface area contributed by atoms with E-state index in [1.807, 2.05) is 16.8 Å². The molecule has 0 radical (unpaired) electrons. The largest absolute Gasteiger partial charge is 0.379 e. The van der Waals surface area contributed by atoms with Crippen molar-refractivity contribution >= 4 is 11.3 Å². The van der Waals surface area contributed by atoms with Gasteiger partial charge in [0.2, 0.25) is 0 Å². The summed E-state index contributed by atoms with van der Waals surface area (Å²) in [4.78, 5) is 9.56. The molecule has 0 spiro atoms. The number of nitrogens with zero attached hydrogens (tertiary/aromatic N) is 4. The van der Waals surface area contributed by atoms with Crippen LogP contribution in [0.2, 0.25) is 0 Å². The maximum Gasteiger partial charge on any atom is 0.258 e. The molecule has 2 aromatic heterocycles. The first kappa shape index (κ1) is 15.3. The molecule has 2 aliphatic rings. The Morgan fingerprint density at radius 1 is 1.26 bits per heavy atom. The van der Waals surface area contributed by atoms with Gasteiger partial charge in [-0.15, -0.1) is 0 Å². The Morgan fingerprint density at radius 2 is 2.17 bits per heavy atom. The van der Waals surface area contributed by atoms with Crippen LogP contribution in [0.4, 0.5) is 0 Å². The third-order valence-electron chi connectivity index (χ3n) is 4.65. The van der Waals surface area contributed by atoms with Gasteiger partial charge in [-0.2, -0.15) is 16.3 Å². The van der Waals surface area contributed by atoms with E-state index in [-0.39, 0.29) is 0 Å². The van der Waals surface area contributed by atoms with Crippen LogP contribution in [0.5, 0.6) is 0 Å². The van der Waals surface area contributed by atoms with Gasteiger partial charge in [-0.25, -0.2) is 0 Å². The van der Waals surface area contributed by atoms with Crippen molar-refractivity contribution in [3.8, 4) is 11.5 Å². The molecule has 2 fully saturated rings. The van der Waals surface area contributed by atoms with Crippen LogP contribution in [-0.2, 0) is 11.3 Å². The summed E-state index contributed by atoms with van der Waals surface area (Å²) in [6.07, 6.45) is 2.51. The lowest BCUT2D eigenvalue weighted by molar-refractivity contribution is 0.0259. The molecule has 124 valence electrons. The second-order valence-corrected chi connectivity index (χ2v) is 6.99. The predicted octanol–water partition coefficient (Wildman–Crippen LogP) is 2.09. The summed E-state index contributed by atoms with van der Waals surface area (Å²) in [5.41, 5.74) is 1.01. The fraction of sp³-hybridized carbons (Fsp3) is 0.625. The van der Waals surface area contributed by atoms with Crippen molar-refractivity contribution in [2.24, 2.45) is 0 Å². The van der Waals surface area contributed by atoms with Crippen molar-refractivity contribution in [3.63, 3.8) is 0 Å². The van der Waals surface area contributed by atoms with Crippen LogP contribution in [0, 0.1) is 0 Å². The van der Waals surface area contributed by atoms with E-state index in [1.165, 1.54) is 12.8 Å². The fourth-order valence-electron chi connectivity index (χ4n) is 3.40. The standard InChI is InChI=1S/C16H22N4O2S/c1-2-14(10-19-5-7-21-8-6-19)20(4-1)11-15-17-16(22-18-15)13-3-9-23-12-13/h3,9,12,14H,1-2,4-8,10-11H2. The first-order valence-corrected chi connectivity index (χ1v) is 9.22. The van der Waals surface area contributed by atoms with E-state index in [0.29, 0.717) is 11.9 Å². The molecule has 2 aliphatic heterocycles. The number of hydrogen-bond donors (Lipinski definition) is 0. The summed E-state index contributed by atoms with van der Waals surface area (Å²) in [6.45, 7) is 6.85. The number of likely N-dealkylation sites (tertiary alicyclic amines) is 1. The van der Waals surface area contributed by atoms with Crippen LogP contribution in [0.1, 0.15) is 18.7 Å².